The third-order valence-corrected chi connectivity index (χ3v) is 5.64. The van der Waals surface area contributed by atoms with Crippen LogP contribution in [0.1, 0.15) is 25.5 Å². The number of nitrogens with two attached hydrogens (primary N) is 1. The summed E-state index contributed by atoms with van der Waals surface area (Å²) in [6.45, 7) is 8.22. The van der Waals surface area contributed by atoms with Crippen LogP contribution in [0.5, 0.6) is 0 Å². The summed E-state index contributed by atoms with van der Waals surface area (Å²) >= 11 is 0. The molecule has 0 amide bonds. The second kappa shape index (κ2) is 9.00. The summed E-state index contributed by atoms with van der Waals surface area (Å²) in [5, 5.41) is 8.62. The number of piperidine rings is 1. The van der Waals surface area contributed by atoms with Gasteiger partial charge in [0.15, 0.2) is 0 Å². The maximum Gasteiger partial charge on any atom is 0.129 e. The van der Waals surface area contributed by atoms with Gasteiger partial charge in [-0.05, 0) is 68.8 Å². The van der Waals surface area contributed by atoms with Crippen LogP contribution in [0, 0.1) is 5.92 Å². The average Bonchev–Trinajstić information content (AvgIpc) is 3.22. The van der Waals surface area contributed by atoms with Crippen molar-refractivity contribution in [2.45, 2.75) is 19.8 Å². The Morgan fingerprint density at radius 1 is 1.37 bits per heavy atom. The van der Waals surface area contributed by atoms with Crippen LogP contribution in [0.25, 0.3) is 27.9 Å². The molecule has 0 aromatic carbocycles. The summed E-state index contributed by atoms with van der Waals surface area (Å²) < 4.78 is 0. The minimum absolute atomic E-state index is 0.624. The molecule has 1 saturated heterocycles. The van der Waals surface area contributed by atoms with E-state index in [1.165, 1.54) is 0 Å². The number of fused-ring (bicyclic) bond motifs is 1. The number of rotatable bonds is 6. The van der Waals surface area contributed by atoms with Crippen molar-refractivity contribution in [1.82, 2.24) is 20.2 Å². The number of aliphatic imine (C=N–C) groups is 1. The Balaban J connectivity index is 1.65. The molecule has 1 fully saturated rings. The van der Waals surface area contributed by atoms with Crippen molar-refractivity contribution >= 4 is 29.0 Å². The highest BCUT2D eigenvalue weighted by Crippen LogP contribution is 2.29. The number of hydrogen-bond acceptors (Lipinski definition) is 6. The van der Waals surface area contributed by atoms with E-state index in [9.17, 15) is 0 Å². The topological polar surface area (TPSA) is 96.1 Å². The molecule has 1 aliphatic rings. The first-order chi connectivity index (χ1) is 14.7. The van der Waals surface area contributed by atoms with Gasteiger partial charge in [-0.1, -0.05) is 12.1 Å². The largest absolute Gasteiger partial charge is 0.357 e. The lowest BCUT2D eigenvalue weighted by Gasteiger charge is -2.32. The highest BCUT2D eigenvalue weighted by Gasteiger charge is 2.20. The van der Waals surface area contributed by atoms with Gasteiger partial charge in [0.2, 0.25) is 0 Å². The third-order valence-electron chi connectivity index (χ3n) is 5.64. The van der Waals surface area contributed by atoms with E-state index in [4.69, 9.17) is 10.7 Å². The number of hydrogen-bond donors (Lipinski definition) is 2. The van der Waals surface area contributed by atoms with Gasteiger partial charge in [-0.2, -0.15) is 5.10 Å². The number of H-pyrrole nitrogens is 1. The third kappa shape index (κ3) is 4.16. The zero-order valence-corrected chi connectivity index (χ0v) is 17.3. The van der Waals surface area contributed by atoms with Crippen LogP contribution in [-0.2, 0) is 0 Å². The molecule has 0 spiro atoms. The Morgan fingerprint density at radius 3 is 2.97 bits per heavy atom. The van der Waals surface area contributed by atoms with Gasteiger partial charge in [-0.15, -0.1) is 0 Å². The molecule has 30 heavy (non-hydrogen) atoms. The molecular weight excluding hydrogens is 374 g/mol. The molecule has 0 radical (unpaired) electrons. The molecule has 3 aromatic rings. The van der Waals surface area contributed by atoms with Gasteiger partial charge in [0.25, 0.3) is 0 Å². The van der Waals surface area contributed by atoms with Gasteiger partial charge >= 0.3 is 0 Å². The number of allylic oxidation sites excluding steroid dienone is 3. The first-order valence-corrected chi connectivity index (χ1v) is 10.3. The molecule has 0 saturated carbocycles. The van der Waals surface area contributed by atoms with Gasteiger partial charge < -0.3 is 10.6 Å². The summed E-state index contributed by atoms with van der Waals surface area (Å²) in [5.74, 6) is 1.62. The lowest BCUT2D eigenvalue weighted by atomic mass is 9.97. The van der Waals surface area contributed by atoms with Gasteiger partial charge in [-0.25, -0.2) is 4.98 Å². The molecule has 7 heteroatoms. The van der Waals surface area contributed by atoms with E-state index in [-0.39, 0.29) is 0 Å². The Morgan fingerprint density at radius 2 is 2.20 bits per heavy atom. The minimum atomic E-state index is 0.624. The normalized spacial score (nSPS) is 15.9. The molecule has 3 aromatic heterocycles. The molecule has 0 unspecified atom stereocenters. The second-order valence-corrected chi connectivity index (χ2v) is 7.61. The van der Waals surface area contributed by atoms with Gasteiger partial charge in [0.1, 0.15) is 11.5 Å². The zero-order valence-electron chi connectivity index (χ0n) is 17.3. The lowest BCUT2D eigenvalue weighted by molar-refractivity contribution is 0.413. The van der Waals surface area contributed by atoms with Crippen molar-refractivity contribution in [3.05, 3.63) is 54.5 Å². The van der Waals surface area contributed by atoms with E-state index in [0.717, 1.165) is 71.9 Å². The molecule has 4 rings (SSSR count). The molecule has 1 aliphatic heterocycles. The van der Waals surface area contributed by atoms with Gasteiger partial charge in [-0.3, -0.25) is 15.1 Å². The lowest BCUT2D eigenvalue weighted by Crippen LogP contribution is -2.36. The van der Waals surface area contributed by atoms with Crippen molar-refractivity contribution in [3.8, 4) is 11.4 Å². The zero-order chi connectivity index (χ0) is 20.9. The fourth-order valence-corrected chi connectivity index (χ4v) is 3.79. The Bertz CT molecular complexity index is 1090. The van der Waals surface area contributed by atoms with Gasteiger partial charge in [0.05, 0.1) is 23.1 Å². The van der Waals surface area contributed by atoms with Crippen LogP contribution < -0.4 is 10.6 Å². The summed E-state index contributed by atoms with van der Waals surface area (Å²) in [6, 6.07) is 8.18. The summed E-state index contributed by atoms with van der Waals surface area (Å²) in [4.78, 5) is 15.5. The van der Waals surface area contributed by atoms with Crippen molar-refractivity contribution < 1.29 is 0 Å². The molecule has 0 bridgehead atoms. The van der Waals surface area contributed by atoms with E-state index in [0.29, 0.717) is 5.92 Å². The van der Waals surface area contributed by atoms with Crippen LogP contribution in [0.4, 0.5) is 5.82 Å². The van der Waals surface area contributed by atoms with E-state index >= 15 is 0 Å². The molecule has 4 heterocycles. The first kappa shape index (κ1) is 20.0. The molecular formula is C23H27N7. The van der Waals surface area contributed by atoms with E-state index in [1.807, 2.05) is 37.4 Å². The van der Waals surface area contributed by atoms with Crippen molar-refractivity contribution in [2.24, 2.45) is 16.6 Å². The second-order valence-electron chi connectivity index (χ2n) is 7.61. The Kier molecular flexibility index (Phi) is 5.99. The SMILES string of the molecule is C=N/C=C\C=C(/C)c1cc2c(-c3cccc(N4CCC(CN)CC4)n3)n[nH]c2cn1. The van der Waals surface area contributed by atoms with Crippen LogP contribution in [0.15, 0.2) is 53.8 Å². The van der Waals surface area contributed by atoms with E-state index < -0.39 is 0 Å². The standard InChI is InChI=1S/C23H27N7/c1-16(5-4-10-25-2)20-13-18-21(15-26-20)28-29-23(18)19-6-3-7-22(27-19)30-11-8-17(14-24)9-12-30/h3-7,10,13,15,17H,2,8-9,11-12,14,24H2,1H3,(H,28,29)/b10-4-,16-5+. The summed E-state index contributed by atoms with van der Waals surface area (Å²) in [6.07, 6.45) is 9.51. The van der Waals surface area contributed by atoms with Crippen LogP contribution in [0.2, 0.25) is 0 Å². The molecule has 7 nitrogen and oxygen atoms in total. The quantitative estimate of drug-likeness (QED) is 0.484. The van der Waals surface area contributed by atoms with E-state index in [2.05, 4.69) is 43.9 Å². The Labute approximate surface area is 176 Å². The molecule has 0 aliphatic carbocycles. The fourth-order valence-electron chi connectivity index (χ4n) is 3.79. The number of aromatic amines is 1. The fraction of sp³-hybridized carbons (Fsp3) is 0.304. The van der Waals surface area contributed by atoms with Crippen molar-refractivity contribution in [3.63, 3.8) is 0 Å². The van der Waals surface area contributed by atoms with E-state index in [1.54, 1.807) is 6.20 Å². The van der Waals surface area contributed by atoms with Crippen LogP contribution in [0.3, 0.4) is 0 Å². The summed E-state index contributed by atoms with van der Waals surface area (Å²) in [7, 11) is 0. The minimum Gasteiger partial charge on any atom is -0.357 e. The average molecular weight is 402 g/mol. The highest BCUT2D eigenvalue weighted by atomic mass is 15.2. The van der Waals surface area contributed by atoms with Gasteiger partial charge in [0, 0.05) is 24.7 Å². The van der Waals surface area contributed by atoms with Crippen LogP contribution in [-0.4, -0.2) is 46.5 Å². The molecule has 0 atom stereocenters. The highest BCUT2D eigenvalue weighted by molar-refractivity contribution is 5.93. The van der Waals surface area contributed by atoms with Crippen molar-refractivity contribution in [2.75, 3.05) is 24.5 Å². The molecule has 3 N–H and O–H groups in total. The number of pyridine rings is 2. The van der Waals surface area contributed by atoms with Crippen LogP contribution >= 0.6 is 0 Å². The van der Waals surface area contributed by atoms with Crippen molar-refractivity contribution in [1.29, 1.82) is 0 Å². The smallest absolute Gasteiger partial charge is 0.129 e. The maximum absolute atomic E-state index is 5.83. The first-order valence-electron chi connectivity index (χ1n) is 10.3. The maximum atomic E-state index is 5.83. The molecule has 154 valence electrons. The predicted octanol–water partition coefficient (Wildman–Crippen LogP) is 3.81. The summed E-state index contributed by atoms with van der Waals surface area (Å²) in [5.41, 5.74) is 10.3. The number of nitrogens with one attached hydrogen (secondary N) is 1. The number of nitrogens with zero attached hydrogens (tertiary/aromatic N) is 5. The Hall–Kier alpha value is -3.32. The number of aromatic nitrogens is 4. The monoisotopic (exact) mass is 401 g/mol. The predicted molar refractivity (Wildman–Crippen MR) is 123 cm³/mol. The number of anilines is 1.